The number of aromatic nitrogens is 2. The summed E-state index contributed by atoms with van der Waals surface area (Å²) in [7, 11) is -3.13. The van der Waals surface area contributed by atoms with E-state index in [1.54, 1.807) is 29.8 Å². The van der Waals surface area contributed by atoms with Gasteiger partial charge in [0.2, 0.25) is 10.0 Å². The van der Waals surface area contributed by atoms with Gasteiger partial charge < -0.3 is 10.1 Å². The zero-order valence-electron chi connectivity index (χ0n) is 12.0. The molecule has 116 valence electrons. The number of rotatable bonds is 4. The van der Waals surface area contributed by atoms with Crippen molar-refractivity contribution in [1.29, 1.82) is 0 Å². The summed E-state index contributed by atoms with van der Waals surface area (Å²) in [5.41, 5.74) is -0.345. The van der Waals surface area contributed by atoms with E-state index in [2.05, 4.69) is 15.3 Å². The number of sulfonamides is 1. The van der Waals surface area contributed by atoms with Gasteiger partial charge in [-0.2, -0.15) is 4.31 Å². The lowest BCUT2D eigenvalue weighted by Gasteiger charge is -2.23. The summed E-state index contributed by atoms with van der Waals surface area (Å²) in [6, 6.07) is 0.144. The molecule has 8 heteroatoms. The van der Waals surface area contributed by atoms with Crippen molar-refractivity contribution in [2.45, 2.75) is 31.4 Å². The van der Waals surface area contributed by atoms with Crippen LogP contribution in [0.4, 0.5) is 5.82 Å². The zero-order valence-corrected chi connectivity index (χ0v) is 12.8. The minimum Gasteiger partial charge on any atom is -0.371 e. The van der Waals surface area contributed by atoms with Crippen molar-refractivity contribution in [3.05, 3.63) is 18.6 Å². The summed E-state index contributed by atoms with van der Waals surface area (Å²) >= 11 is 0. The minimum atomic E-state index is -3.13. The van der Waals surface area contributed by atoms with Gasteiger partial charge >= 0.3 is 0 Å². The molecule has 0 radical (unpaired) electrons. The van der Waals surface area contributed by atoms with Crippen molar-refractivity contribution in [3.8, 4) is 0 Å². The first-order valence-corrected chi connectivity index (χ1v) is 8.78. The summed E-state index contributed by atoms with van der Waals surface area (Å²) in [6.45, 7) is 3.25. The minimum absolute atomic E-state index is 0.143. The van der Waals surface area contributed by atoms with Gasteiger partial charge in [-0.3, -0.25) is 4.98 Å². The summed E-state index contributed by atoms with van der Waals surface area (Å²) < 4.78 is 31.4. The Balaban J connectivity index is 1.62. The molecule has 2 atom stereocenters. The molecule has 0 aliphatic carbocycles. The first-order chi connectivity index (χ1) is 10.0. The molecule has 2 aliphatic rings. The van der Waals surface area contributed by atoms with E-state index < -0.39 is 10.0 Å². The number of anilines is 1. The maximum Gasteiger partial charge on any atom is 0.213 e. The van der Waals surface area contributed by atoms with Crippen molar-refractivity contribution >= 4 is 15.8 Å². The van der Waals surface area contributed by atoms with Gasteiger partial charge in [0.25, 0.3) is 0 Å². The topological polar surface area (TPSA) is 84.4 Å². The predicted octanol–water partition coefficient (Wildman–Crippen LogP) is 0.472. The summed E-state index contributed by atoms with van der Waals surface area (Å²) in [4.78, 5) is 8.21. The van der Waals surface area contributed by atoms with Crippen LogP contribution in [0.1, 0.15) is 19.8 Å². The second-order valence-corrected chi connectivity index (χ2v) is 7.87. The molecule has 0 unspecified atom stereocenters. The van der Waals surface area contributed by atoms with E-state index in [0.717, 1.165) is 18.7 Å². The Morgan fingerprint density at radius 2 is 2.38 bits per heavy atom. The molecule has 3 rings (SSSR count). The molecule has 7 nitrogen and oxygen atoms in total. The van der Waals surface area contributed by atoms with Gasteiger partial charge in [-0.05, 0) is 13.3 Å². The van der Waals surface area contributed by atoms with Crippen LogP contribution in [0, 0.1) is 0 Å². The quantitative estimate of drug-likeness (QED) is 0.870. The molecule has 2 fully saturated rings. The lowest BCUT2D eigenvalue weighted by molar-refractivity contribution is 0.0173. The molecular formula is C13H20N4O3S. The predicted molar refractivity (Wildman–Crippen MR) is 78.4 cm³/mol. The van der Waals surface area contributed by atoms with Crippen LogP contribution in [0.25, 0.3) is 0 Å². The third-order valence-corrected chi connectivity index (χ3v) is 5.99. The highest BCUT2D eigenvalue weighted by atomic mass is 32.2. The van der Waals surface area contributed by atoms with Crippen LogP contribution >= 0.6 is 0 Å². The Morgan fingerprint density at radius 3 is 3.10 bits per heavy atom. The molecule has 21 heavy (non-hydrogen) atoms. The standard InChI is InChI=1S/C13H20N4O3S/c1-2-21(18,19)17-6-3-13(10-17)7-11(9-20-13)16-12-8-14-4-5-15-12/h4-5,8,11H,2-3,6-7,9-10H2,1H3,(H,15,16)/t11-,13-/m0/s1. The van der Waals surface area contributed by atoms with E-state index in [0.29, 0.717) is 19.7 Å². The number of nitrogens with one attached hydrogen (secondary N) is 1. The molecule has 0 aromatic carbocycles. The van der Waals surface area contributed by atoms with E-state index in [9.17, 15) is 8.42 Å². The first-order valence-electron chi connectivity index (χ1n) is 7.17. The lowest BCUT2D eigenvalue weighted by atomic mass is 9.97. The average Bonchev–Trinajstić information content (AvgIpc) is 3.08. The largest absolute Gasteiger partial charge is 0.371 e. The third kappa shape index (κ3) is 3.02. The highest BCUT2D eigenvalue weighted by molar-refractivity contribution is 7.89. The van der Waals surface area contributed by atoms with E-state index in [-0.39, 0.29) is 17.4 Å². The smallest absolute Gasteiger partial charge is 0.213 e. The van der Waals surface area contributed by atoms with Crippen molar-refractivity contribution in [2.75, 3.05) is 30.8 Å². The zero-order chi connectivity index (χ0) is 14.9. The molecule has 3 heterocycles. The van der Waals surface area contributed by atoms with Crippen LogP contribution in [-0.2, 0) is 14.8 Å². The Labute approximate surface area is 124 Å². The summed E-state index contributed by atoms with van der Waals surface area (Å²) in [5.74, 6) is 0.865. The van der Waals surface area contributed by atoms with Gasteiger partial charge in [0.15, 0.2) is 0 Å². The van der Waals surface area contributed by atoms with Crippen LogP contribution in [0.15, 0.2) is 18.6 Å². The van der Waals surface area contributed by atoms with Gasteiger partial charge in [0.05, 0.1) is 30.2 Å². The second kappa shape index (κ2) is 5.51. The van der Waals surface area contributed by atoms with Crippen molar-refractivity contribution in [1.82, 2.24) is 14.3 Å². The normalized spacial score (nSPS) is 30.0. The Hall–Kier alpha value is -1.25. The Kier molecular flexibility index (Phi) is 3.85. The summed E-state index contributed by atoms with van der Waals surface area (Å²) in [5, 5.41) is 3.29. The maximum atomic E-state index is 12.0. The lowest BCUT2D eigenvalue weighted by Crippen LogP contribution is -2.37. The van der Waals surface area contributed by atoms with E-state index >= 15 is 0 Å². The molecule has 0 saturated carbocycles. The summed E-state index contributed by atoms with van der Waals surface area (Å²) in [6.07, 6.45) is 6.49. The fraction of sp³-hybridized carbons (Fsp3) is 0.692. The number of nitrogens with zero attached hydrogens (tertiary/aromatic N) is 3. The number of hydrogen-bond acceptors (Lipinski definition) is 6. The van der Waals surface area contributed by atoms with Crippen LogP contribution in [-0.4, -0.2) is 59.8 Å². The fourth-order valence-electron chi connectivity index (χ4n) is 3.03. The van der Waals surface area contributed by atoms with E-state index in [4.69, 9.17) is 4.74 Å². The molecule has 2 saturated heterocycles. The molecule has 1 aromatic rings. The molecule has 2 aliphatic heterocycles. The first kappa shape index (κ1) is 14.7. The highest BCUT2D eigenvalue weighted by Crippen LogP contribution is 2.37. The van der Waals surface area contributed by atoms with Crippen LogP contribution in [0.5, 0.6) is 0 Å². The van der Waals surface area contributed by atoms with Crippen LogP contribution in [0.2, 0.25) is 0 Å². The number of ether oxygens (including phenoxy) is 1. The van der Waals surface area contributed by atoms with Gasteiger partial charge in [-0.15, -0.1) is 0 Å². The Morgan fingerprint density at radius 1 is 1.52 bits per heavy atom. The van der Waals surface area contributed by atoms with Gasteiger partial charge in [-0.25, -0.2) is 13.4 Å². The van der Waals surface area contributed by atoms with Crippen LogP contribution in [0.3, 0.4) is 0 Å². The third-order valence-electron chi connectivity index (χ3n) is 4.16. The average molecular weight is 312 g/mol. The second-order valence-electron chi connectivity index (χ2n) is 5.61. The molecule has 0 amide bonds. The van der Waals surface area contributed by atoms with E-state index in [1.165, 1.54) is 0 Å². The molecule has 1 spiro atoms. The van der Waals surface area contributed by atoms with E-state index in [1.807, 2.05) is 0 Å². The molecular weight excluding hydrogens is 292 g/mol. The molecule has 0 bridgehead atoms. The fourth-order valence-corrected chi connectivity index (χ4v) is 4.20. The van der Waals surface area contributed by atoms with Gasteiger partial charge in [0, 0.05) is 31.9 Å². The maximum absolute atomic E-state index is 12.0. The van der Waals surface area contributed by atoms with Crippen LogP contribution < -0.4 is 5.32 Å². The molecule has 1 aromatic heterocycles. The van der Waals surface area contributed by atoms with Crippen molar-refractivity contribution in [3.63, 3.8) is 0 Å². The van der Waals surface area contributed by atoms with Crippen molar-refractivity contribution < 1.29 is 13.2 Å². The number of hydrogen-bond donors (Lipinski definition) is 1. The monoisotopic (exact) mass is 312 g/mol. The Bertz CT molecular complexity index is 595. The SMILES string of the molecule is CCS(=O)(=O)N1CC[C@]2(C[C@H](Nc3cnccn3)CO2)C1. The van der Waals surface area contributed by atoms with Crippen molar-refractivity contribution in [2.24, 2.45) is 0 Å². The highest BCUT2D eigenvalue weighted by Gasteiger charge is 2.48. The van der Waals surface area contributed by atoms with Gasteiger partial charge in [-0.1, -0.05) is 0 Å². The van der Waals surface area contributed by atoms with Gasteiger partial charge in [0.1, 0.15) is 5.82 Å². The molecule has 1 N–H and O–H groups in total.